The number of benzene rings is 2. The fourth-order valence-corrected chi connectivity index (χ4v) is 3.29. The van der Waals surface area contributed by atoms with Crippen molar-refractivity contribution in [3.05, 3.63) is 97.0 Å². The predicted molar refractivity (Wildman–Crippen MR) is 107 cm³/mol. The maximum atomic E-state index is 13.4. The zero-order valence-corrected chi connectivity index (χ0v) is 15.1. The molecule has 0 amide bonds. The maximum absolute atomic E-state index is 13.4. The van der Waals surface area contributed by atoms with Gasteiger partial charge in [-0.3, -0.25) is 4.98 Å². The van der Waals surface area contributed by atoms with E-state index in [9.17, 15) is 8.78 Å². The Kier molecular flexibility index (Phi) is 4.09. The van der Waals surface area contributed by atoms with Gasteiger partial charge in [-0.05, 0) is 72.3 Å². The molecule has 0 aliphatic heterocycles. The molecule has 0 radical (unpaired) electrons. The standard InChI is InChI=1S/C23H14F2N4/c24-18-3-1-16(2-4-18)22-21-13-17(15-9-11-26-12-10-15)14-27-23(21)29(28-22)20-7-5-19(25)6-8-20/h1-14H. The lowest BCUT2D eigenvalue weighted by molar-refractivity contribution is 0.627. The Hall–Kier alpha value is -3.93. The van der Waals surface area contributed by atoms with E-state index < -0.39 is 0 Å². The van der Waals surface area contributed by atoms with Crippen LogP contribution in [0.2, 0.25) is 0 Å². The zero-order valence-electron chi connectivity index (χ0n) is 15.1. The number of fused-ring (bicyclic) bond motifs is 1. The van der Waals surface area contributed by atoms with Crippen LogP contribution in [-0.4, -0.2) is 19.7 Å². The highest BCUT2D eigenvalue weighted by Crippen LogP contribution is 2.32. The SMILES string of the molecule is Fc1ccc(-c2nn(-c3ccc(F)cc3)c3ncc(-c4ccncc4)cc23)cc1. The van der Waals surface area contributed by atoms with Crippen molar-refractivity contribution in [2.24, 2.45) is 0 Å². The lowest BCUT2D eigenvalue weighted by atomic mass is 10.0. The quantitative estimate of drug-likeness (QED) is 0.417. The number of rotatable bonds is 3. The Balaban J connectivity index is 1.76. The second kappa shape index (κ2) is 6.91. The van der Waals surface area contributed by atoms with Crippen molar-refractivity contribution in [3.63, 3.8) is 0 Å². The van der Waals surface area contributed by atoms with Crippen LogP contribution in [0.1, 0.15) is 0 Å². The molecule has 140 valence electrons. The van der Waals surface area contributed by atoms with Crippen molar-refractivity contribution in [3.8, 4) is 28.1 Å². The molecule has 0 aliphatic carbocycles. The average Bonchev–Trinajstić information content (AvgIpc) is 3.14. The topological polar surface area (TPSA) is 43.6 Å². The maximum Gasteiger partial charge on any atom is 0.163 e. The van der Waals surface area contributed by atoms with Gasteiger partial charge in [0.1, 0.15) is 17.3 Å². The Morgan fingerprint density at radius 3 is 2.03 bits per heavy atom. The summed E-state index contributed by atoms with van der Waals surface area (Å²) < 4.78 is 28.5. The van der Waals surface area contributed by atoms with E-state index in [1.165, 1.54) is 24.3 Å². The molecule has 5 aromatic rings. The normalized spacial score (nSPS) is 11.1. The van der Waals surface area contributed by atoms with E-state index in [-0.39, 0.29) is 11.6 Å². The van der Waals surface area contributed by atoms with E-state index in [0.29, 0.717) is 17.0 Å². The lowest BCUT2D eigenvalue weighted by Crippen LogP contribution is -1.98. The van der Waals surface area contributed by atoms with Crippen LogP contribution in [0, 0.1) is 11.6 Å². The van der Waals surface area contributed by atoms with Crippen molar-refractivity contribution in [2.75, 3.05) is 0 Å². The van der Waals surface area contributed by atoms with Gasteiger partial charge in [-0.1, -0.05) is 0 Å². The van der Waals surface area contributed by atoms with Gasteiger partial charge in [0.2, 0.25) is 0 Å². The molecule has 0 fully saturated rings. The largest absolute Gasteiger partial charge is 0.265 e. The van der Waals surface area contributed by atoms with Gasteiger partial charge in [0, 0.05) is 35.1 Å². The van der Waals surface area contributed by atoms with Gasteiger partial charge in [-0.2, -0.15) is 5.10 Å². The highest BCUT2D eigenvalue weighted by molar-refractivity contribution is 5.94. The van der Waals surface area contributed by atoms with Gasteiger partial charge >= 0.3 is 0 Å². The second-order valence-electron chi connectivity index (χ2n) is 6.57. The molecule has 29 heavy (non-hydrogen) atoms. The zero-order chi connectivity index (χ0) is 19.8. The molecule has 0 spiro atoms. The summed E-state index contributed by atoms with van der Waals surface area (Å²) in [5.74, 6) is -0.636. The fourth-order valence-electron chi connectivity index (χ4n) is 3.29. The van der Waals surface area contributed by atoms with Crippen LogP contribution >= 0.6 is 0 Å². The number of hydrogen-bond donors (Lipinski definition) is 0. The summed E-state index contributed by atoms with van der Waals surface area (Å²) in [5.41, 5.74) is 4.66. The first-order valence-corrected chi connectivity index (χ1v) is 9.00. The summed E-state index contributed by atoms with van der Waals surface area (Å²) in [6, 6.07) is 18.0. The monoisotopic (exact) mass is 384 g/mol. The smallest absolute Gasteiger partial charge is 0.163 e. The summed E-state index contributed by atoms with van der Waals surface area (Å²) in [5, 5.41) is 5.54. The summed E-state index contributed by atoms with van der Waals surface area (Å²) in [7, 11) is 0. The number of halogens is 2. The summed E-state index contributed by atoms with van der Waals surface area (Å²) in [6.45, 7) is 0. The number of nitrogens with zero attached hydrogens (tertiary/aromatic N) is 4. The number of hydrogen-bond acceptors (Lipinski definition) is 3. The Labute approximate surface area is 165 Å². The molecule has 0 saturated carbocycles. The first-order valence-electron chi connectivity index (χ1n) is 9.00. The molecule has 0 unspecified atom stereocenters. The van der Waals surface area contributed by atoms with Gasteiger partial charge in [-0.15, -0.1) is 0 Å². The van der Waals surface area contributed by atoms with Crippen LogP contribution in [0.15, 0.2) is 85.3 Å². The van der Waals surface area contributed by atoms with Gasteiger partial charge in [-0.25, -0.2) is 18.4 Å². The fraction of sp³-hybridized carbons (Fsp3) is 0. The van der Waals surface area contributed by atoms with Crippen LogP contribution < -0.4 is 0 Å². The third kappa shape index (κ3) is 3.14. The molecular formula is C23H14F2N4. The minimum Gasteiger partial charge on any atom is -0.265 e. The average molecular weight is 384 g/mol. The van der Waals surface area contributed by atoms with Crippen molar-refractivity contribution in [2.45, 2.75) is 0 Å². The minimum absolute atomic E-state index is 0.313. The molecule has 0 bridgehead atoms. The van der Waals surface area contributed by atoms with Gasteiger partial charge < -0.3 is 0 Å². The van der Waals surface area contributed by atoms with Crippen LogP contribution in [0.5, 0.6) is 0 Å². The molecule has 3 aromatic heterocycles. The van der Waals surface area contributed by atoms with Crippen LogP contribution in [0.3, 0.4) is 0 Å². The molecule has 3 heterocycles. The molecule has 2 aromatic carbocycles. The first-order chi connectivity index (χ1) is 14.2. The van der Waals surface area contributed by atoms with Gasteiger partial charge in [0.25, 0.3) is 0 Å². The van der Waals surface area contributed by atoms with E-state index in [0.717, 1.165) is 22.1 Å². The summed E-state index contributed by atoms with van der Waals surface area (Å²) >= 11 is 0. The van der Waals surface area contributed by atoms with Crippen molar-refractivity contribution in [1.29, 1.82) is 0 Å². The third-order valence-electron chi connectivity index (χ3n) is 4.72. The first kappa shape index (κ1) is 17.2. The summed E-state index contributed by atoms with van der Waals surface area (Å²) in [4.78, 5) is 8.69. The molecule has 0 N–H and O–H groups in total. The molecule has 0 atom stereocenters. The molecule has 6 heteroatoms. The highest BCUT2D eigenvalue weighted by Gasteiger charge is 2.16. The summed E-state index contributed by atoms with van der Waals surface area (Å²) in [6.07, 6.45) is 5.22. The minimum atomic E-state index is -0.322. The predicted octanol–water partition coefficient (Wildman–Crippen LogP) is 5.43. The third-order valence-corrected chi connectivity index (χ3v) is 4.72. The lowest BCUT2D eigenvalue weighted by Gasteiger charge is -2.04. The highest BCUT2D eigenvalue weighted by atomic mass is 19.1. The molecule has 0 saturated heterocycles. The van der Waals surface area contributed by atoms with E-state index >= 15 is 0 Å². The Morgan fingerprint density at radius 1 is 0.690 bits per heavy atom. The van der Waals surface area contributed by atoms with E-state index in [1.807, 2.05) is 18.2 Å². The van der Waals surface area contributed by atoms with E-state index in [1.54, 1.807) is 47.5 Å². The Bertz CT molecular complexity index is 1300. The molecule has 4 nitrogen and oxygen atoms in total. The molecular weight excluding hydrogens is 370 g/mol. The van der Waals surface area contributed by atoms with E-state index in [4.69, 9.17) is 5.10 Å². The number of pyridine rings is 2. The van der Waals surface area contributed by atoms with E-state index in [2.05, 4.69) is 9.97 Å². The number of aromatic nitrogens is 4. The van der Waals surface area contributed by atoms with Crippen molar-refractivity contribution < 1.29 is 8.78 Å². The molecule has 0 aliphatic rings. The van der Waals surface area contributed by atoms with Crippen LogP contribution in [-0.2, 0) is 0 Å². The molecule has 5 rings (SSSR count). The Morgan fingerprint density at radius 2 is 1.34 bits per heavy atom. The van der Waals surface area contributed by atoms with Crippen molar-refractivity contribution in [1.82, 2.24) is 19.7 Å². The van der Waals surface area contributed by atoms with Crippen LogP contribution in [0.4, 0.5) is 8.78 Å². The second-order valence-corrected chi connectivity index (χ2v) is 6.57. The van der Waals surface area contributed by atoms with Gasteiger partial charge in [0.15, 0.2) is 5.65 Å². The van der Waals surface area contributed by atoms with Gasteiger partial charge in [0.05, 0.1) is 5.69 Å². The van der Waals surface area contributed by atoms with Crippen LogP contribution in [0.25, 0.3) is 39.1 Å². The van der Waals surface area contributed by atoms with Crippen molar-refractivity contribution >= 4 is 11.0 Å².